The van der Waals surface area contributed by atoms with Crippen LogP contribution in [0, 0.1) is 0 Å². The van der Waals surface area contributed by atoms with E-state index in [2.05, 4.69) is 10.1 Å². The normalized spacial score (nSPS) is 20.0. The van der Waals surface area contributed by atoms with Gasteiger partial charge in [0.25, 0.3) is 5.91 Å². The molecule has 0 spiro atoms. The number of fused-ring (bicyclic) bond motifs is 1. The van der Waals surface area contributed by atoms with Gasteiger partial charge in [-0.2, -0.15) is 18.3 Å². The topological polar surface area (TPSA) is 50.5 Å². The molecule has 0 saturated carbocycles. The molecule has 9 heteroatoms. The van der Waals surface area contributed by atoms with E-state index in [1.165, 1.54) is 6.07 Å². The summed E-state index contributed by atoms with van der Waals surface area (Å²) in [7, 11) is 0. The van der Waals surface area contributed by atoms with Crippen molar-refractivity contribution in [2.45, 2.75) is 51.4 Å². The first-order valence-electron chi connectivity index (χ1n) is 9.72. The van der Waals surface area contributed by atoms with Crippen molar-refractivity contribution < 1.29 is 18.0 Å². The quantitative estimate of drug-likeness (QED) is 0.535. The zero-order valence-electron chi connectivity index (χ0n) is 16.4. The van der Waals surface area contributed by atoms with Crippen LogP contribution in [0.25, 0.3) is 16.9 Å². The Morgan fingerprint density at radius 3 is 2.33 bits per heavy atom. The van der Waals surface area contributed by atoms with E-state index in [9.17, 15) is 18.0 Å². The lowest BCUT2D eigenvalue weighted by Gasteiger charge is -2.38. The average molecular weight is 437 g/mol. The summed E-state index contributed by atoms with van der Waals surface area (Å²) in [6.45, 7) is 3.89. The fraction of sp³-hybridized carbons (Fsp3) is 0.381. The molecule has 30 heavy (non-hydrogen) atoms. The Hall–Kier alpha value is -2.61. The summed E-state index contributed by atoms with van der Waals surface area (Å²) < 4.78 is 42.0. The van der Waals surface area contributed by atoms with Gasteiger partial charge in [0.2, 0.25) is 0 Å². The third-order valence-electron chi connectivity index (χ3n) is 5.50. The standard InChI is InChI=1S/C21H20ClF3N4O/c1-12-4-3-5-13(2)28(12)20(30)17-11-19-26-16(14-6-8-15(22)9-7-14)10-18(21(23,24)25)29(19)27-17/h6-13H,3-5H2,1-2H3/t12-,13-/m0/s1. The lowest BCUT2D eigenvalue weighted by molar-refractivity contribution is -0.142. The van der Waals surface area contributed by atoms with Gasteiger partial charge in [-0.05, 0) is 51.3 Å². The highest BCUT2D eigenvalue weighted by Crippen LogP contribution is 2.33. The van der Waals surface area contributed by atoms with Crippen molar-refractivity contribution in [2.75, 3.05) is 0 Å². The molecule has 1 amide bonds. The lowest BCUT2D eigenvalue weighted by Crippen LogP contribution is -2.47. The van der Waals surface area contributed by atoms with Crippen LogP contribution < -0.4 is 0 Å². The number of rotatable bonds is 2. The average Bonchev–Trinajstić information content (AvgIpc) is 3.11. The molecule has 4 rings (SSSR count). The maximum atomic E-state index is 13.8. The number of amides is 1. The zero-order chi connectivity index (χ0) is 21.6. The number of alkyl halides is 3. The summed E-state index contributed by atoms with van der Waals surface area (Å²) in [5, 5.41) is 4.46. The monoisotopic (exact) mass is 436 g/mol. The number of benzene rings is 1. The number of piperidine rings is 1. The molecule has 158 valence electrons. The van der Waals surface area contributed by atoms with Crippen LogP contribution in [0.1, 0.15) is 49.3 Å². The largest absolute Gasteiger partial charge is 0.433 e. The van der Waals surface area contributed by atoms with E-state index in [0.29, 0.717) is 15.1 Å². The molecule has 1 fully saturated rings. The van der Waals surface area contributed by atoms with Crippen LogP contribution in [0.3, 0.4) is 0 Å². The summed E-state index contributed by atoms with van der Waals surface area (Å²) >= 11 is 5.88. The van der Waals surface area contributed by atoms with E-state index in [4.69, 9.17) is 11.6 Å². The van der Waals surface area contributed by atoms with Crippen LogP contribution in [-0.4, -0.2) is 37.5 Å². The van der Waals surface area contributed by atoms with Gasteiger partial charge >= 0.3 is 6.18 Å². The first kappa shape index (κ1) is 20.7. The predicted octanol–water partition coefficient (Wildman–Crippen LogP) is 5.47. The van der Waals surface area contributed by atoms with Crippen molar-refractivity contribution in [1.29, 1.82) is 0 Å². The van der Waals surface area contributed by atoms with Gasteiger partial charge in [-0.25, -0.2) is 9.50 Å². The maximum absolute atomic E-state index is 13.8. The van der Waals surface area contributed by atoms with E-state index in [-0.39, 0.29) is 35.0 Å². The highest BCUT2D eigenvalue weighted by atomic mass is 35.5. The molecule has 3 heterocycles. The van der Waals surface area contributed by atoms with Crippen LogP contribution in [0.4, 0.5) is 13.2 Å². The molecule has 5 nitrogen and oxygen atoms in total. The number of carbonyl (C=O) groups excluding carboxylic acids is 1. The summed E-state index contributed by atoms with van der Waals surface area (Å²) in [6, 6.07) is 8.63. The molecule has 0 unspecified atom stereocenters. The van der Waals surface area contributed by atoms with Crippen LogP contribution >= 0.6 is 11.6 Å². The molecule has 1 saturated heterocycles. The first-order valence-corrected chi connectivity index (χ1v) is 10.1. The molecule has 0 N–H and O–H groups in total. The number of hydrogen-bond donors (Lipinski definition) is 0. The Morgan fingerprint density at radius 2 is 1.73 bits per heavy atom. The molecular weight excluding hydrogens is 417 g/mol. The molecule has 1 aliphatic heterocycles. The van der Waals surface area contributed by atoms with Gasteiger partial charge in [0.15, 0.2) is 17.0 Å². The molecule has 0 bridgehead atoms. The third-order valence-corrected chi connectivity index (χ3v) is 5.76. The van der Waals surface area contributed by atoms with Gasteiger partial charge in [0, 0.05) is 28.7 Å². The van der Waals surface area contributed by atoms with Crippen molar-refractivity contribution in [3.8, 4) is 11.3 Å². The smallest absolute Gasteiger partial charge is 0.332 e. The molecule has 1 aliphatic rings. The minimum atomic E-state index is -4.67. The van der Waals surface area contributed by atoms with E-state index in [0.717, 1.165) is 25.3 Å². The number of carbonyl (C=O) groups is 1. The van der Waals surface area contributed by atoms with E-state index in [1.54, 1.807) is 29.2 Å². The van der Waals surface area contributed by atoms with Crippen molar-refractivity contribution in [1.82, 2.24) is 19.5 Å². The van der Waals surface area contributed by atoms with Crippen molar-refractivity contribution in [2.24, 2.45) is 0 Å². The van der Waals surface area contributed by atoms with Gasteiger partial charge in [-0.3, -0.25) is 4.79 Å². The molecule has 1 aromatic carbocycles. The van der Waals surface area contributed by atoms with Crippen LogP contribution in [0.5, 0.6) is 0 Å². The molecule has 0 radical (unpaired) electrons. The van der Waals surface area contributed by atoms with Crippen LogP contribution in [-0.2, 0) is 6.18 Å². The second kappa shape index (κ2) is 7.58. The second-order valence-corrected chi connectivity index (χ2v) is 8.11. The van der Waals surface area contributed by atoms with Crippen molar-refractivity contribution in [3.05, 3.63) is 52.8 Å². The summed E-state index contributed by atoms with van der Waals surface area (Å²) in [5.74, 6) is -0.374. The Kier molecular flexibility index (Phi) is 5.22. The third kappa shape index (κ3) is 3.76. The van der Waals surface area contributed by atoms with Crippen LogP contribution in [0.2, 0.25) is 5.02 Å². The summed E-state index contributed by atoms with van der Waals surface area (Å²) in [6.07, 6.45) is -1.94. The number of nitrogens with zero attached hydrogens (tertiary/aromatic N) is 4. The van der Waals surface area contributed by atoms with Gasteiger partial charge in [0.1, 0.15) is 0 Å². The van der Waals surface area contributed by atoms with Gasteiger partial charge < -0.3 is 4.90 Å². The van der Waals surface area contributed by atoms with Gasteiger partial charge in [-0.1, -0.05) is 23.7 Å². The van der Waals surface area contributed by atoms with E-state index < -0.39 is 11.9 Å². The van der Waals surface area contributed by atoms with E-state index in [1.807, 2.05) is 13.8 Å². The van der Waals surface area contributed by atoms with Crippen molar-refractivity contribution >= 4 is 23.2 Å². The highest BCUT2D eigenvalue weighted by molar-refractivity contribution is 6.30. The molecule has 2 aromatic heterocycles. The Bertz CT molecular complexity index is 1080. The highest BCUT2D eigenvalue weighted by Gasteiger charge is 2.37. The number of hydrogen-bond acceptors (Lipinski definition) is 3. The Labute approximate surface area is 176 Å². The van der Waals surface area contributed by atoms with Crippen LogP contribution in [0.15, 0.2) is 36.4 Å². The van der Waals surface area contributed by atoms with E-state index >= 15 is 0 Å². The maximum Gasteiger partial charge on any atom is 0.433 e. The Morgan fingerprint density at radius 1 is 1.10 bits per heavy atom. The first-order chi connectivity index (χ1) is 14.1. The lowest BCUT2D eigenvalue weighted by atomic mass is 9.97. The fourth-order valence-corrected chi connectivity index (χ4v) is 4.13. The number of likely N-dealkylation sites (tertiary alicyclic amines) is 1. The predicted molar refractivity (Wildman–Crippen MR) is 107 cm³/mol. The van der Waals surface area contributed by atoms with Gasteiger partial charge in [-0.15, -0.1) is 0 Å². The Balaban J connectivity index is 1.83. The van der Waals surface area contributed by atoms with Gasteiger partial charge in [0.05, 0.1) is 5.69 Å². The van der Waals surface area contributed by atoms with Crippen molar-refractivity contribution in [3.63, 3.8) is 0 Å². The number of aromatic nitrogens is 3. The minimum Gasteiger partial charge on any atom is -0.332 e. The summed E-state index contributed by atoms with van der Waals surface area (Å²) in [4.78, 5) is 19.1. The molecule has 2 atom stereocenters. The fourth-order valence-electron chi connectivity index (χ4n) is 4.00. The minimum absolute atomic E-state index is 0.00531. The SMILES string of the molecule is C[C@H]1CCC[C@H](C)N1C(=O)c1cc2nc(-c3ccc(Cl)cc3)cc(C(F)(F)F)n2n1. The summed E-state index contributed by atoms with van der Waals surface area (Å²) in [5.41, 5.74) is -0.446. The zero-order valence-corrected chi connectivity index (χ0v) is 17.2. The molecule has 3 aromatic rings. The number of halogens is 4. The second-order valence-electron chi connectivity index (χ2n) is 7.67. The molecule has 0 aliphatic carbocycles. The molecular formula is C21H20ClF3N4O.